The molecule has 1 rings (SSSR count). The number of hydrogen-bond acceptors (Lipinski definition) is 4. The Balaban J connectivity index is 1.98. The highest BCUT2D eigenvalue weighted by Crippen LogP contribution is 2.37. The Morgan fingerprint density at radius 2 is 1.33 bits per heavy atom. The fourth-order valence-corrected chi connectivity index (χ4v) is 3.38. The molecule has 0 atom stereocenters. The van der Waals surface area contributed by atoms with E-state index in [-0.39, 0.29) is 17.5 Å². The molecule has 0 saturated heterocycles. The molecule has 0 unspecified atom stereocenters. The minimum atomic E-state index is -0.292. The van der Waals surface area contributed by atoms with Crippen LogP contribution in [0.15, 0.2) is 4.42 Å². The highest BCUT2D eigenvalue weighted by Gasteiger charge is 2.19. The molecule has 4 heteroatoms. The summed E-state index contributed by atoms with van der Waals surface area (Å²) >= 11 is 0. The lowest BCUT2D eigenvalue weighted by atomic mass is 10.0. The van der Waals surface area contributed by atoms with Crippen LogP contribution in [0.2, 0.25) is 0 Å². The molecule has 0 saturated carbocycles. The second-order valence-corrected chi connectivity index (χ2v) is 7.58. The lowest BCUT2D eigenvalue weighted by Crippen LogP contribution is -2.07. The number of carbonyl (C=O) groups is 1. The van der Waals surface area contributed by atoms with Crippen molar-refractivity contribution in [2.45, 2.75) is 117 Å². The molecule has 0 aliphatic carbocycles. The maximum absolute atomic E-state index is 11.9. The first-order chi connectivity index (χ1) is 13.1. The SMILES string of the molecule is CCCCCCCCCCCCCCCC(=O)Oc1c(C)oc(CC)c1O. The van der Waals surface area contributed by atoms with Crippen LogP contribution in [0.3, 0.4) is 0 Å². The topological polar surface area (TPSA) is 59.7 Å². The van der Waals surface area contributed by atoms with E-state index in [1.54, 1.807) is 6.92 Å². The van der Waals surface area contributed by atoms with E-state index in [1.807, 2.05) is 6.92 Å². The predicted octanol–water partition coefficient (Wildman–Crippen LogP) is 7.24. The van der Waals surface area contributed by atoms with Crippen molar-refractivity contribution in [3.8, 4) is 11.5 Å². The molecule has 1 aromatic rings. The van der Waals surface area contributed by atoms with Crippen LogP contribution in [0.1, 0.15) is 115 Å². The average molecular weight is 381 g/mol. The van der Waals surface area contributed by atoms with E-state index in [0.717, 1.165) is 12.8 Å². The highest BCUT2D eigenvalue weighted by atomic mass is 16.6. The molecular formula is C23H40O4. The van der Waals surface area contributed by atoms with Crippen molar-refractivity contribution in [1.29, 1.82) is 0 Å². The second kappa shape index (κ2) is 14.6. The predicted molar refractivity (Wildman–Crippen MR) is 110 cm³/mol. The Morgan fingerprint density at radius 1 is 0.852 bits per heavy atom. The van der Waals surface area contributed by atoms with Crippen molar-refractivity contribution in [1.82, 2.24) is 0 Å². The summed E-state index contributed by atoms with van der Waals surface area (Å²) in [5.74, 6) is 0.791. The smallest absolute Gasteiger partial charge is 0.311 e. The molecule has 0 bridgehead atoms. The Bertz CT molecular complexity index is 519. The summed E-state index contributed by atoms with van der Waals surface area (Å²) in [7, 11) is 0. The lowest BCUT2D eigenvalue weighted by molar-refractivity contribution is -0.134. The van der Waals surface area contributed by atoms with Crippen molar-refractivity contribution in [2.75, 3.05) is 0 Å². The largest absolute Gasteiger partial charge is 0.502 e. The summed E-state index contributed by atoms with van der Waals surface area (Å²) < 4.78 is 10.7. The van der Waals surface area contributed by atoms with Crippen LogP contribution in [-0.2, 0) is 11.2 Å². The first-order valence-electron chi connectivity index (χ1n) is 11.1. The molecule has 0 aliphatic rings. The van der Waals surface area contributed by atoms with E-state index < -0.39 is 0 Å². The van der Waals surface area contributed by atoms with Gasteiger partial charge >= 0.3 is 5.97 Å². The zero-order chi connectivity index (χ0) is 19.9. The number of carbonyl (C=O) groups excluding carboxylic acids is 1. The van der Waals surface area contributed by atoms with Crippen LogP contribution >= 0.6 is 0 Å². The van der Waals surface area contributed by atoms with Gasteiger partial charge in [0.15, 0.2) is 0 Å². The third kappa shape index (κ3) is 9.88. The van der Waals surface area contributed by atoms with Crippen molar-refractivity contribution >= 4 is 5.97 Å². The van der Waals surface area contributed by atoms with Crippen molar-refractivity contribution < 1.29 is 19.1 Å². The zero-order valence-corrected chi connectivity index (χ0v) is 17.8. The van der Waals surface area contributed by atoms with Gasteiger partial charge in [0, 0.05) is 12.8 Å². The molecule has 1 N–H and O–H groups in total. The number of furan rings is 1. The number of hydrogen-bond donors (Lipinski definition) is 1. The maximum atomic E-state index is 11.9. The lowest BCUT2D eigenvalue weighted by Gasteiger charge is -2.04. The van der Waals surface area contributed by atoms with Crippen molar-refractivity contribution in [3.05, 3.63) is 11.5 Å². The van der Waals surface area contributed by atoms with E-state index in [2.05, 4.69) is 6.92 Å². The van der Waals surface area contributed by atoms with Gasteiger partial charge in [-0.05, 0) is 13.3 Å². The average Bonchev–Trinajstić information content (AvgIpc) is 2.93. The minimum absolute atomic E-state index is 0.0336. The molecule has 0 radical (unpaired) electrons. The summed E-state index contributed by atoms with van der Waals surface area (Å²) in [5, 5.41) is 9.97. The molecule has 0 fully saturated rings. The fourth-order valence-electron chi connectivity index (χ4n) is 3.38. The highest BCUT2D eigenvalue weighted by molar-refractivity contribution is 5.73. The first kappa shape index (κ1) is 23.6. The quantitative estimate of drug-likeness (QED) is 0.242. The maximum Gasteiger partial charge on any atom is 0.311 e. The second-order valence-electron chi connectivity index (χ2n) is 7.58. The molecule has 0 aliphatic heterocycles. The molecule has 1 aromatic heterocycles. The van der Waals surface area contributed by atoms with Crippen molar-refractivity contribution in [2.24, 2.45) is 0 Å². The Labute approximate surface area is 165 Å². The van der Waals surface area contributed by atoms with E-state index in [9.17, 15) is 9.90 Å². The molecule has 0 spiro atoms. The Morgan fingerprint density at radius 3 is 1.78 bits per heavy atom. The first-order valence-corrected chi connectivity index (χ1v) is 11.1. The number of esters is 1. The van der Waals surface area contributed by atoms with Gasteiger partial charge in [0.1, 0.15) is 11.5 Å². The van der Waals surface area contributed by atoms with Gasteiger partial charge in [0.25, 0.3) is 0 Å². The number of rotatable bonds is 16. The third-order valence-electron chi connectivity index (χ3n) is 5.10. The van der Waals surface area contributed by atoms with Gasteiger partial charge in [-0.2, -0.15) is 0 Å². The van der Waals surface area contributed by atoms with E-state index in [4.69, 9.17) is 9.15 Å². The molecule has 1 heterocycles. The monoisotopic (exact) mass is 380 g/mol. The number of ether oxygens (including phenoxy) is 1. The standard InChI is InChI=1S/C23H40O4/c1-4-6-7-8-9-10-11-12-13-14-15-16-17-18-21(24)27-23-19(3)26-20(5-2)22(23)25/h25H,4-18H2,1-3H3. The molecule has 27 heavy (non-hydrogen) atoms. The summed E-state index contributed by atoms with van der Waals surface area (Å²) in [4.78, 5) is 11.9. The zero-order valence-electron chi connectivity index (χ0n) is 17.8. The molecule has 0 amide bonds. The Hall–Kier alpha value is -1.45. The normalized spacial score (nSPS) is 11.1. The molecule has 0 aromatic carbocycles. The van der Waals surface area contributed by atoms with Crippen LogP contribution in [0.5, 0.6) is 11.5 Å². The number of unbranched alkanes of at least 4 members (excludes halogenated alkanes) is 12. The van der Waals surface area contributed by atoms with Gasteiger partial charge in [-0.15, -0.1) is 0 Å². The van der Waals surface area contributed by atoms with Gasteiger partial charge in [0.2, 0.25) is 11.5 Å². The van der Waals surface area contributed by atoms with E-state index >= 15 is 0 Å². The van der Waals surface area contributed by atoms with Gasteiger partial charge < -0.3 is 14.3 Å². The number of aryl methyl sites for hydroxylation is 2. The third-order valence-corrected chi connectivity index (χ3v) is 5.10. The Kier molecular flexibility index (Phi) is 12.7. The minimum Gasteiger partial charge on any atom is -0.502 e. The van der Waals surface area contributed by atoms with Gasteiger partial charge in [-0.3, -0.25) is 4.79 Å². The fraction of sp³-hybridized carbons (Fsp3) is 0.783. The van der Waals surface area contributed by atoms with Gasteiger partial charge in [-0.25, -0.2) is 0 Å². The van der Waals surface area contributed by atoms with Crippen LogP contribution in [-0.4, -0.2) is 11.1 Å². The van der Waals surface area contributed by atoms with Crippen LogP contribution in [0, 0.1) is 6.92 Å². The van der Waals surface area contributed by atoms with Crippen LogP contribution in [0.25, 0.3) is 0 Å². The van der Waals surface area contributed by atoms with E-state index in [1.165, 1.54) is 70.6 Å². The summed E-state index contributed by atoms with van der Waals surface area (Å²) in [6, 6.07) is 0. The van der Waals surface area contributed by atoms with Crippen LogP contribution < -0.4 is 4.74 Å². The van der Waals surface area contributed by atoms with Crippen LogP contribution in [0.4, 0.5) is 0 Å². The summed E-state index contributed by atoms with van der Waals surface area (Å²) in [6.07, 6.45) is 17.6. The molecule has 156 valence electrons. The number of aromatic hydroxyl groups is 1. The molecule has 4 nitrogen and oxygen atoms in total. The van der Waals surface area contributed by atoms with E-state index in [0.29, 0.717) is 24.4 Å². The summed E-state index contributed by atoms with van der Waals surface area (Å²) in [6.45, 7) is 5.85. The summed E-state index contributed by atoms with van der Waals surface area (Å²) in [5.41, 5.74) is 0. The van der Waals surface area contributed by atoms with Gasteiger partial charge in [0.05, 0.1) is 0 Å². The van der Waals surface area contributed by atoms with Crippen molar-refractivity contribution in [3.63, 3.8) is 0 Å². The molecular weight excluding hydrogens is 340 g/mol. The van der Waals surface area contributed by atoms with Gasteiger partial charge in [-0.1, -0.05) is 90.9 Å².